The highest BCUT2D eigenvalue weighted by atomic mass is 32.2. The molecule has 4 aromatic carbocycles. The Kier molecular flexibility index (Phi) is 6.40. The number of hydrogen-bond acceptors (Lipinski definition) is 2. The second-order valence-corrected chi connectivity index (χ2v) is 13.6. The van der Waals surface area contributed by atoms with Crippen LogP contribution in [0, 0.1) is 12.7 Å². The third kappa shape index (κ3) is 4.72. The molecule has 0 N–H and O–H groups in total. The molecule has 0 saturated carbocycles. The van der Waals surface area contributed by atoms with Crippen molar-refractivity contribution in [1.29, 1.82) is 0 Å². The molecule has 0 aromatic heterocycles. The van der Waals surface area contributed by atoms with Crippen LogP contribution in [0.2, 0.25) is 6.55 Å². The van der Waals surface area contributed by atoms with E-state index in [4.69, 9.17) is 0 Å². The van der Waals surface area contributed by atoms with Crippen molar-refractivity contribution in [3.8, 4) is 0 Å². The highest BCUT2D eigenvalue weighted by Crippen LogP contribution is 2.21. The fourth-order valence-corrected chi connectivity index (χ4v) is 9.27. The summed E-state index contributed by atoms with van der Waals surface area (Å²) >= 11 is 0. The minimum Gasteiger partial charge on any atom is -0.207 e. The van der Waals surface area contributed by atoms with Crippen molar-refractivity contribution in [2.45, 2.75) is 18.4 Å². The van der Waals surface area contributed by atoms with Gasteiger partial charge in [0, 0.05) is 0 Å². The number of halogens is 1. The first kappa shape index (κ1) is 22.8. The summed E-state index contributed by atoms with van der Waals surface area (Å²) in [4.78, 5) is 0.130. The number of sulfonamides is 1. The van der Waals surface area contributed by atoms with Gasteiger partial charge in [0.25, 0.3) is 10.0 Å². The second kappa shape index (κ2) is 9.25. The van der Waals surface area contributed by atoms with Gasteiger partial charge in [0.1, 0.15) is 5.82 Å². The highest BCUT2D eigenvalue weighted by Gasteiger charge is 2.40. The number of rotatable bonds is 6. The van der Waals surface area contributed by atoms with Gasteiger partial charge in [-0.25, -0.2) is 4.39 Å². The van der Waals surface area contributed by atoms with Crippen LogP contribution in [0.15, 0.2) is 118 Å². The Balaban J connectivity index is 2.03. The van der Waals surface area contributed by atoms with Crippen LogP contribution in [-0.4, -0.2) is 21.8 Å². The molecule has 33 heavy (non-hydrogen) atoms. The molecule has 0 atom stereocenters. The Morgan fingerprint density at radius 3 is 1.70 bits per heavy atom. The van der Waals surface area contributed by atoms with Gasteiger partial charge in [-0.1, -0.05) is 97.0 Å². The van der Waals surface area contributed by atoms with Gasteiger partial charge in [-0.05, 0) is 47.1 Å². The number of nitrogens with zero attached hydrogens (tertiary/aromatic N) is 1. The first-order valence-corrected chi connectivity index (χ1v) is 14.5. The summed E-state index contributed by atoms with van der Waals surface area (Å²) in [5, 5.41) is 2.48. The molecule has 0 fully saturated rings. The van der Waals surface area contributed by atoms with Crippen molar-refractivity contribution >= 4 is 33.8 Å². The Morgan fingerprint density at radius 1 is 0.727 bits per heavy atom. The summed E-state index contributed by atoms with van der Waals surface area (Å²) in [6.45, 7) is 3.99. The Labute approximate surface area is 195 Å². The lowest BCUT2D eigenvalue weighted by Gasteiger charge is -2.30. The summed E-state index contributed by atoms with van der Waals surface area (Å²) in [6.07, 6.45) is 0. The second-order valence-electron chi connectivity index (χ2n) is 8.09. The first-order chi connectivity index (χ1) is 15.8. The lowest BCUT2D eigenvalue weighted by atomic mass is 10.2. The molecule has 0 heterocycles. The van der Waals surface area contributed by atoms with Gasteiger partial charge < -0.3 is 0 Å². The average Bonchev–Trinajstić information content (AvgIpc) is 2.84. The van der Waals surface area contributed by atoms with Crippen LogP contribution < -0.4 is 10.4 Å². The van der Waals surface area contributed by atoms with E-state index in [0.717, 1.165) is 15.9 Å². The maximum atomic E-state index is 13.8. The molecular weight excluding hydrogens is 449 g/mol. The van der Waals surface area contributed by atoms with Gasteiger partial charge in [0.05, 0.1) is 10.2 Å². The van der Waals surface area contributed by atoms with E-state index in [1.165, 1.54) is 12.1 Å². The van der Waals surface area contributed by atoms with E-state index in [1.807, 2.05) is 67.6 Å². The van der Waals surface area contributed by atoms with Crippen molar-refractivity contribution in [3.05, 3.63) is 126 Å². The van der Waals surface area contributed by atoms with E-state index >= 15 is 0 Å². The molecular formula is C27H24FNO2SSi. The zero-order valence-corrected chi connectivity index (χ0v) is 20.3. The van der Waals surface area contributed by atoms with Crippen molar-refractivity contribution in [3.63, 3.8) is 0 Å². The summed E-state index contributed by atoms with van der Waals surface area (Å²) in [5.41, 5.74) is 1.55. The summed E-state index contributed by atoms with van der Waals surface area (Å²) < 4.78 is 45.2. The molecule has 0 spiro atoms. The van der Waals surface area contributed by atoms with E-state index in [-0.39, 0.29) is 10.7 Å². The Morgan fingerprint density at radius 2 is 1.21 bits per heavy atom. The fourth-order valence-electron chi connectivity index (χ4n) is 3.91. The van der Waals surface area contributed by atoms with Crippen LogP contribution in [-0.2, 0) is 10.0 Å². The molecule has 0 aliphatic heterocycles. The molecule has 0 amide bonds. The van der Waals surface area contributed by atoms with Gasteiger partial charge >= 0.3 is 0 Å². The van der Waals surface area contributed by atoms with Crippen molar-refractivity contribution < 1.29 is 12.8 Å². The van der Waals surface area contributed by atoms with Crippen LogP contribution in [0.4, 0.5) is 4.39 Å². The van der Waals surface area contributed by atoms with E-state index in [9.17, 15) is 12.8 Å². The van der Waals surface area contributed by atoms with Gasteiger partial charge in [0.15, 0.2) is 8.07 Å². The lowest BCUT2D eigenvalue weighted by molar-refractivity contribution is 0.598. The number of benzene rings is 4. The molecule has 0 bridgehead atoms. The standard InChI is InChI=1S/C27H24FNO2SSi/c1-21-13-19-24(20-14-21)32(30,31)29-27(22-15-17-23(28)18-16-22)33(2,25-9-5-3-6-10-25)26-11-7-4-8-12-26/h3-20H,1-2H3/b29-27-. The molecule has 6 heteroatoms. The third-order valence-electron chi connectivity index (χ3n) is 5.82. The minimum absolute atomic E-state index is 0.130. The summed E-state index contributed by atoms with van der Waals surface area (Å²) in [6, 6.07) is 32.2. The largest absolute Gasteiger partial charge is 0.282 e. The zero-order valence-electron chi connectivity index (χ0n) is 18.4. The lowest BCUT2D eigenvalue weighted by Crippen LogP contribution is -2.62. The molecule has 0 radical (unpaired) electrons. The van der Waals surface area contributed by atoms with Crippen LogP contribution in [0.1, 0.15) is 11.1 Å². The molecule has 0 aliphatic rings. The highest BCUT2D eigenvalue weighted by molar-refractivity contribution is 7.90. The predicted octanol–water partition coefficient (Wildman–Crippen LogP) is 4.74. The third-order valence-corrected chi connectivity index (χ3v) is 11.6. The Hall–Kier alpha value is -3.35. The predicted molar refractivity (Wildman–Crippen MR) is 135 cm³/mol. The minimum atomic E-state index is -4.00. The molecule has 0 aliphatic carbocycles. The first-order valence-electron chi connectivity index (χ1n) is 10.6. The average molecular weight is 474 g/mol. The van der Waals surface area contributed by atoms with Crippen LogP contribution in [0.5, 0.6) is 0 Å². The fraction of sp³-hybridized carbons (Fsp3) is 0.0741. The van der Waals surface area contributed by atoms with E-state index < -0.39 is 18.1 Å². The summed E-state index contributed by atoms with van der Waals surface area (Å²) in [5.74, 6) is -0.387. The SMILES string of the molecule is Cc1ccc(S(=O)(=O)/N=C(/c2ccc(F)cc2)[Si](C)(c2ccccc2)c2ccccc2)cc1. The topological polar surface area (TPSA) is 46.5 Å². The van der Waals surface area contributed by atoms with Gasteiger partial charge in [-0.15, -0.1) is 0 Å². The molecule has 166 valence electrons. The van der Waals surface area contributed by atoms with Crippen LogP contribution in [0.25, 0.3) is 0 Å². The van der Waals surface area contributed by atoms with Crippen molar-refractivity contribution in [2.75, 3.05) is 0 Å². The van der Waals surface area contributed by atoms with Crippen molar-refractivity contribution in [1.82, 2.24) is 0 Å². The van der Waals surface area contributed by atoms with Crippen LogP contribution >= 0.6 is 0 Å². The molecule has 0 unspecified atom stereocenters. The normalized spacial score (nSPS) is 12.5. The quantitative estimate of drug-likeness (QED) is 0.300. The maximum Gasteiger partial charge on any atom is 0.282 e. The molecule has 4 aromatic rings. The van der Waals surface area contributed by atoms with E-state index in [1.54, 1.807) is 36.4 Å². The van der Waals surface area contributed by atoms with Crippen molar-refractivity contribution in [2.24, 2.45) is 4.40 Å². The Bertz CT molecular complexity index is 1330. The maximum absolute atomic E-state index is 13.8. The van der Waals surface area contributed by atoms with Gasteiger partial charge in [-0.2, -0.15) is 12.8 Å². The van der Waals surface area contributed by atoms with E-state index in [2.05, 4.69) is 10.9 Å². The number of aryl methyl sites for hydroxylation is 1. The van der Waals surface area contributed by atoms with Gasteiger partial charge in [0.2, 0.25) is 0 Å². The van der Waals surface area contributed by atoms with Gasteiger partial charge in [-0.3, -0.25) is 0 Å². The molecule has 0 saturated heterocycles. The molecule has 4 rings (SSSR count). The smallest absolute Gasteiger partial charge is 0.207 e. The van der Waals surface area contributed by atoms with Crippen LogP contribution in [0.3, 0.4) is 0 Å². The van der Waals surface area contributed by atoms with E-state index in [0.29, 0.717) is 10.9 Å². The zero-order chi connectivity index (χ0) is 23.5. The monoisotopic (exact) mass is 473 g/mol. The number of hydrogen-bond donors (Lipinski definition) is 0. The molecule has 3 nitrogen and oxygen atoms in total. The summed E-state index contributed by atoms with van der Waals surface area (Å²) in [7, 11) is -6.90.